The molecule has 0 N–H and O–H groups in total. The minimum atomic E-state index is 0.597. The lowest BCUT2D eigenvalue weighted by Gasteiger charge is -2.41. The molecule has 0 bridgehead atoms. The first-order chi connectivity index (χ1) is 10.7. The molecule has 0 aromatic heterocycles. The van der Waals surface area contributed by atoms with Crippen LogP contribution in [0.4, 0.5) is 0 Å². The quantitative estimate of drug-likeness (QED) is 0.797. The lowest BCUT2D eigenvalue weighted by atomic mass is 9.48. The van der Waals surface area contributed by atoms with Gasteiger partial charge in [0, 0.05) is 13.1 Å². The van der Waals surface area contributed by atoms with Crippen LogP contribution < -0.4 is 0 Å². The third-order valence-electron chi connectivity index (χ3n) is 4.70. The van der Waals surface area contributed by atoms with Crippen molar-refractivity contribution >= 4 is 13.7 Å². The molecule has 0 saturated carbocycles. The Labute approximate surface area is 135 Å². The number of benzene rings is 2. The zero-order valence-electron chi connectivity index (χ0n) is 13.7. The van der Waals surface area contributed by atoms with Crippen molar-refractivity contribution in [3.63, 3.8) is 0 Å². The van der Waals surface area contributed by atoms with Crippen LogP contribution >= 0.6 is 0 Å². The van der Waals surface area contributed by atoms with Crippen LogP contribution in [0.5, 0.6) is 0 Å². The van der Waals surface area contributed by atoms with E-state index in [0.29, 0.717) is 13.7 Å². The average Bonchev–Trinajstić information content (AvgIpc) is 2.54. The maximum absolute atomic E-state index is 2.61. The van der Waals surface area contributed by atoms with Crippen molar-refractivity contribution in [3.8, 4) is 0 Å². The summed E-state index contributed by atoms with van der Waals surface area (Å²) in [5.74, 6) is 0. The van der Waals surface area contributed by atoms with E-state index in [-0.39, 0.29) is 0 Å². The Hall–Kier alpha value is -1.51. The zero-order valence-corrected chi connectivity index (χ0v) is 13.7. The molecule has 22 heavy (non-hydrogen) atoms. The molecule has 3 rings (SSSR count). The van der Waals surface area contributed by atoms with Gasteiger partial charge in [0.05, 0.1) is 0 Å². The minimum absolute atomic E-state index is 0.597. The summed E-state index contributed by atoms with van der Waals surface area (Å²) in [6, 6.07) is 21.6. The molecule has 1 saturated heterocycles. The van der Waals surface area contributed by atoms with E-state index < -0.39 is 0 Å². The van der Waals surface area contributed by atoms with Crippen molar-refractivity contribution in [1.29, 1.82) is 0 Å². The van der Waals surface area contributed by atoms with Crippen molar-refractivity contribution in [2.45, 2.75) is 26.7 Å². The summed E-state index contributed by atoms with van der Waals surface area (Å²) in [5, 5.41) is 0. The highest BCUT2D eigenvalue weighted by Crippen LogP contribution is 2.16. The molecule has 0 radical (unpaired) electrons. The van der Waals surface area contributed by atoms with Gasteiger partial charge in [-0.3, -0.25) is 0 Å². The Bertz CT molecular complexity index is 523. The molecule has 1 heterocycles. The third-order valence-corrected chi connectivity index (χ3v) is 4.70. The summed E-state index contributed by atoms with van der Waals surface area (Å²) in [4.78, 5) is 5.23. The molecular weight excluding hydrogens is 266 g/mol. The minimum Gasteiger partial charge on any atom is -0.342 e. The Morgan fingerprint density at radius 3 is 1.41 bits per heavy atom. The lowest BCUT2D eigenvalue weighted by molar-refractivity contribution is 0.388. The fourth-order valence-electron chi connectivity index (χ4n) is 3.35. The molecule has 4 heteroatoms. The van der Waals surface area contributed by atoms with Crippen molar-refractivity contribution in [2.24, 2.45) is 0 Å². The van der Waals surface area contributed by atoms with Crippen molar-refractivity contribution in [2.75, 3.05) is 12.9 Å². The van der Waals surface area contributed by atoms with E-state index >= 15 is 0 Å². The second-order valence-electron chi connectivity index (χ2n) is 6.53. The molecule has 1 aliphatic heterocycles. The number of hydrogen-bond acceptors (Lipinski definition) is 2. The van der Waals surface area contributed by atoms with Gasteiger partial charge in [-0.15, -0.1) is 0 Å². The number of nitrogens with zero attached hydrogens (tertiary/aromatic N) is 2. The van der Waals surface area contributed by atoms with Crippen LogP contribution in [0.15, 0.2) is 60.7 Å². The molecule has 112 valence electrons. The first-order valence-corrected chi connectivity index (χ1v) is 8.28. The highest BCUT2D eigenvalue weighted by molar-refractivity contribution is 6.64. The Kier molecular flexibility index (Phi) is 5.01. The van der Waals surface area contributed by atoms with E-state index in [1.165, 1.54) is 11.1 Å². The van der Waals surface area contributed by atoms with E-state index in [1.807, 2.05) is 0 Å². The largest absolute Gasteiger partial charge is 0.342 e. The van der Waals surface area contributed by atoms with Crippen molar-refractivity contribution in [3.05, 3.63) is 71.8 Å². The van der Waals surface area contributed by atoms with Crippen LogP contribution in [0, 0.1) is 0 Å². The van der Waals surface area contributed by atoms with E-state index in [2.05, 4.69) is 83.9 Å². The third kappa shape index (κ3) is 3.82. The van der Waals surface area contributed by atoms with Gasteiger partial charge < -0.3 is 9.62 Å². The van der Waals surface area contributed by atoms with Gasteiger partial charge in [-0.1, -0.05) is 74.3 Å². The molecule has 0 atom stereocenters. The van der Waals surface area contributed by atoms with Gasteiger partial charge >= 0.3 is 0 Å². The van der Waals surface area contributed by atoms with Crippen LogP contribution in [0.3, 0.4) is 0 Å². The summed E-state index contributed by atoms with van der Waals surface area (Å²) in [6.45, 7) is 8.02. The normalized spacial score (nSPS) is 17.0. The maximum atomic E-state index is 2.61. The molecule has 0 aliphatic carbocycles. The molecule has 2 aromatic rings. The summed E-state index contributed by atoms with van der Waals surface area (Å²) >= 11 is 0. The Morgan fingerprint density at radius 1 is 0.682 bits per heavy atom. The van der Waals surface area contributed by atoms with Crippen LogP contribution in [0.25, 0.3) is 0 Å². The standard InChI is InChI=1S/C18H24B2N2/c1-19-15-22(14-18-11-7-4-8-12-18)20(2)16-21(19)13-17-9-5-3-6-10-17/h3-12H,13-16H2,1-2H3. The van der Waals surface area contributed by atoms with Crippen molar-refractivity contribution < 1.29 is 0 Å². The lowest BCUT2D eigenvalue weighted by Crippen LogP contribution is -2.60. The monoisotopic (exact) mass is 290 g/mol. The van der Waals surface area contributed by atoms with Gasteiger partial charge in [-0.2, -0.15) is 0 Å². The van der Waals surface area contributed by atoms with Gasteiger partial charge in [-0.05, 0) is 24.0 Å². The van der Waals surface area contributed by atoms with E-state index in [1.54, 1.807) is 0 Å². The maximum Gasteiger partial charge on any atom is 0.233 e. The second kappa shape index (κ2) is 7.17. The predicted molar refractivity (Wildman–Crippen MR) is 96.9 cm³/mol. The second-order valence-corrected chi connectivity index (χ2v) is 6.53. The van der Waals surface area contributed by atoms with Gasteiger partial charge in [-0.25, -0.2) is 0 Å². The topological polar surface area (TPSA) is 6.48 Å². The fourth-order valence-corrected chi connectivity index (χ4v) is 3.35. The zero-order chi connectivity index (χ0) is 15.4. The summed E-state index contributed by atoms with van der Waals surface area (Å²) in [5.41, 5.74) is 2.83. The van der Waals surface area contributed by atoms with E-state index in [4.69, 9.17) is 0 Å². The molecule has 1 aliphatic rings. The Balaban J connectivity index is 1.61. The Morgan fingerprint density at radius 2 is 1.05 bits per heavy atom. The first-order valence-electron chi connectivity index (χ1n) is 8.28. The van der Waals surface area contributed by atoms with Crippen molar-refractivity contribution in [1.82, 2.24) is 9.62 Å². The van der Waals surface area contributed by atoms with Crippen LogP contribution in [0.1, 0.15) is 11.1 Å². The summed E-state index contributed by atoms with van der Waals surface area (Å²) in [7, 11) is 0. The number of rotatable bonds is 4. The first kappa shape index (κ1) is 15.4. The van der Waals surface area contributed by atoms with Gasteiger partial charge in [0.1, 0.15) is 0 Å². The molecule has 0 spiro atoms. The molecule has 0 amide bonds. The van der Waals surface area contributed by atoms with Crippen LogP contribution in [0.2, 0.25) is 13.6 Å². The SMILES string of the molecule is CB1CN(Cc2ccccc2)B(C)CN1Cc1ccccc1. The highest BCUT2D eigenvalue weighted by atomic mass is 15.2. The smallest absolute Gasteiger partial charge is 0.233 e. The summed E-state index contributed by atoms with van der Waals surface area (Å²) < 4.78 is 0. The predicted octanol–water partition coefficient (Wildman–Crippen LogP) is 3.33. The highest BCUT2D eigenvalue weighted by Gasteiger charge is 2.33. The molecule has 2 nitrogen and oxygen atoms in total. The molecule has 1 fully saturated rings. The molecule has 2 aromatic carbocycles. The summed E-state index contributed by atoms with van der Waals surface area (Å²) in [6.07, 6.45) is 2.28. The van der Waals surface area contributed by atoms with E-state index in [9.17, 15) is 0 Å². The van der Waals surface area contributed by atoms with Crippen LogP contribution in [-0.2, 0) is 13.1 Å². The van der Waals surface area contributed by atoms with Crippen LogP contribution in [-0.4, -0.2) is 36.2 Å². The number of hydrogen-bond donors (Lipinski definition) is 0. The molecular formula is C18H24B2N2. The van der Waals surface area contributed by atoms with E-state index in [0.717, 1.165) is 26.0 Å². The van der Waals surface area contributed by atoms with Gasteiger partial charge in [0.15, 0.2) is 0 Å². The van der Waals surface area contributed by atoms with Gasteiger partial charge in [0.2, 0.25) is 13.7 Å². The average molecular weight is 290 g/mol. The fraction of sp³-hybridized carbons (Fsp3) is 0.333. The molecule has 0 unspecified atom stereocenters. The van der Waals surface area contributed by atoms with Gasteiger partial charge in [0.25, 0.3) is 0 Å².